The highest BCUT2D eigenvalue weighted by Gasteiger charge is 2.36. The number of carbonyl (C=O) groups excluding carboxylic acids is 2. The van der Waals surface area contributed by atoms with Gasteiger partial charge in [0, 0.05) is 0 Å². The number of nitrogens with one attached hydrogen (secondary N) is 1. The van der Waals surface area contributed by atoms with E-state index >= 15 is 0 Å². The van der Waals surface area contributed by atoms with Gasteiger partial charge < -0.3 is 4.74 Å². The van der Waals surface area contributed by atoms with Crippen LogP contribution in [-0.2, 0) is 4.79 Å². The van der Waals surface area contributed by atoms with Crippen molar-refractivity contribution >= 4 is 80.8 Å². The van der Waals surface area contributed by atoms with Crippen molar-refractivity contribution in [3.05, 3.63) is 56.7 Å². The number of thioether (sulfide) groups is 1. The smallest absolute Gasteiger partial charge is 0.353 e. The SMILES string of the molecule is CSC1=NSC2=NC(=O)/C(=C\c3ccc(OC(=O)c4cccs4)c(Cl)c3)C(=N)N12. The minimum absolute atomic E-state index is 0.00224. The molecule has 4 rings (SSSR count). The molecule has 3 heterocycles. The van der Waals surface area contributed by atoms with Gasteiger partial charge in [-0.25, -0.2) is 9.69 Å². The molecule has 29 heavy (non-hydrogen) atoms. The molecular formula is C18H11ClN4O3S3. The summed E-state index contributed by atoms with van der Waals surface area (Å²) in [5.41, 5.74) is 0.699. The number of hydrogen-bond acceptors (Lipinski definition) is 8. The van der Waals surface area contributed by atoms with Crippen LogP contribution in [0.2, 0.25) is 5.02 Å². The highest BCUT2D eigenvalue weighted by Crippen LogP contribution is 2.32. The van der Waals surface area contributed by atoms with Crippen molar-refractivity contribution in [3.8, 4) is 5.75 Å². The van der Waals surface area contributed by atoms with Gasteiger partial charge in [0.2, 0.25) is 5.17 Å². The van der Waals surface area contributed by atoms with E-state index in [2.05, 4.69) is 9.39 Å². The minimum atomic E-state index is -0.518. The summed E-state index contributed by atoms with van der Waals surface area (Å²) in [6, 6.07) is 8.18. The highest BCUT2D eigenvalue weighted by molar-refractivity contribution is 8.18. The number of thiophene rings is 1. The first-order valence-corrected chi connectivity index (χ1v) is 11.3. The first-order chi connectivity index (χ1) is 14.0. The lowest BCUT2D eigenvalue weighted by molar-refractivity contribution is -0.114. The fourth-order valence-corrected chi connectivity index (χ4v) is 4.81. The average molecular weight is 463 g/mol. The van der Waals surface area contributed by atoms with Crippen molar-refractivity contribution in [2.45, 2.75) is 0 Å². The van der Waals surface area contributed by atoms with Crippen molar-refractivity contribution in [2.75, 3.05) is 6.26 Å². The van der Waals surface area contributed by atoms with Crippen LogP contribution in [-0.4, -0.2) is 39.2 Å². The molecular weight excluding hydrogens is 452 g/mol. The Hall–Kier alpha value is -2.40. The number of rotatable bonds is 3. The van der Waals surface area contributed by atoms with Gasteiger partial charge >= 0.3 is 5.97 Å². The van der Waals surface area contributed by atoms with Crippen LogP contribution in [0.1, 0.15) is 15.2 Å². The number of amidine groups is 3. The lowest BCUT2D eigenvalue weighted by Gasteiger charge is -2.23. The molecule has 0 unspecified atom stereocenters. The maximum atomic E-state index is 12.4. The van der Waals surface area contributed by atoms with Gasteiger partial charge in [0.1, 0.15) is 16.5 Å². The highest BCUT2D eigenvalue weighted by atomic mass is 35.5. The molecule has 2 aliphatic rings. The molecule has 1 N–H and O–H groups in total. The van der Waals surface area contributed by atoms with E-state index in [1.807, 2.05) is 6.26 Å². The Morgan fingerprint density at radius 3 is 2.90 bits per heavy atom. The zero-order chi connectivity index (χ0) is 20.5. The molecule has 0 bridgehead atoms. The monoisotopic (exact) mass is 462 g/mol. The molecule has 1 aromatic carbocycles. The molecule has 7 nitrogen and oxygen atoms in total. The van der Waals surface area contributed by atoms with E-state index < -0.39 is 11.9 Å². The Balaban J connectivity index is 1.59. The van der Waals surface area contributed by atoms with Crippen molar-refractivity contribution in [2.24, 2.45) is 9.39 Å². The summed E-state index contributed by atoms with van der Waals surface area (Å²) in [4.78, 5) is 30.5. The number of hydrogen-bond donors (Lipinski definition) is 1. The number of halogens is 1. The lowest BCUT2D eigenvalue weighted by atomic mass is 10.1. The first kappa shape index (κ1) is 19.9. The van der Waals surface area contributed by atoms with Crippen molar-refractivity contribution in [3.63, 3.8) is 0 Å². The van der Waals surface area contributed by atoms with Gasteiger partial charge in [-0.2, -0.15) is 9.39 Å². The number of ether oxygens (including phenoxy) is 1. The molecule has 0 atom stereocenters. The number of aliphatic imine (C=N–C) groups is 1. The molecule has 2 aliphatic heterocycles. The maximum absolute atomic E-state index is 12.4. The van der Waals surface area contributed by atoms with Crippen LogP contribution in [0.15, 0.2) is 50.7 Å². The molecule has 146 valence electrons. The van der Waals surface area contributed by atoms with E-state index in [1.54, 1.807) is 35.7 Å². The number of carbonyl (C=O) groups is 2. The number of fused-ring (bicyclic) bond motifs is 1. The van der Waals surface area contributed by atoms with Gasteiger partial charge in [0.25, 0.3) is 5.91 Å². The second-order valence-electron chi connectivity index (χ2n) is 5.67. The summed E-state index contributed by atoms with van der Waals surface area (Å²) in [5, 5.41) is 11.4. The zero-order valence-corrected chi connectivity index (χ0v) is 17.9. The van der Waals surface area contributed by atoms with Gasteiger partial charge in [-0.05, 0) is 41.5 Å². The van der Waals surface area contributed by atoms with E-state index in [-0.39, 0.29) is 22.2 Å². The number of esters is 1. The Morgan fingerprint density at radius 2 is 2.21 bits per heavy atom. The third-order valence-electron chi connectivity index (χ3n) is 3.87. The fourth-order valence-electron chi connectivity index (χ4n) is 2.53. The summed E-state index contributed by atoms with van der Waals surface area (Å²) >= 11 is 9.96. The Kier molecular flexibility index (Phi) is 5.59. The van der Waals surface area contributed by atoms with Crippen LogP contribution in [0.4, 0.5) is 0 Å². The van der Waals surface area contributed by atoms with Crippen molar-refractivity contribution < 1.29 is 14.3 Å². The van der Waals surface area contributed by atoms with Crippen LogP contribution in [0.25, 0.3) is 6.08 Å². The topological polar surface area (TPSA) is 95.2 Å². The predicted octanol–water partition coefficient (Wildman–Crippen LogP) is 4.56. The Morgan fingerprint density at radius 1 is 1.38 bits per heavy atom. The van der Waals surface area contributed by atoms with Gasteiger partial charge in [-0.3, -0.25) is 10.2 Å². The van der Waals surface area contributed by atoms with Gasteiger partial charge in [0.05, 0.1) is 22.5 Å². The summed E-state index contributed by atoms with van der Waals surface area (Å²) in [6.45, 7) is 0. The molecule has 1 aromatic heterocycles. The van der Waals surface area contributed by atoms with E-state index in [0.717, 1.165) is 11.9 Å². The number of amides is 1. The standard InChI is InChI=1S/C18H11ClN4O3S3/c1-27-18-22-29-17-21-15(24)10(14(20)23(17)18)7-9-4-5-12(11(19)8-9)26-16(25)13-3-2-6-28-13/h2-8,20H,1H3/b10-7-,20-14?. The van der Waals surface area contributed by atoms with Gasteiger partial charge in [-0.15, -0.1) is 11.3 Å². The summed E-state index contributed by atoms with van der Waals surface area (Å²) in [6.07, 6.45) is 3.37. The zero-order valence-electron chi connectivity index (χ0n) is 14.7. The maximum Gasteiger partial charge on any atom is 0.353 e. The van der Waals surface area contributed by atoms with Gasteiger partial charge in [-0.1, -0.05) is 35.5 Å². The number of nitrogens with zero attached hydrogens (tertiary/aromatic N) is 3. The van der Waals surface area contributed by atoms with Crippen LogP contribution < -0.4 is 4.74 Å². The third kappa shape index (κ3) is 3.88. The van der Waals surface area contributed by atoms with Crippen LogP contribution in [0.3, 0.4) is 0 Å². The minimum Gasteiger partial charge on any atom is -0.421 e. The molecule has 0 aliphatic carbocycles. The van der Waals surface area contributed by atoms with Crippen molar-refractivity contribution in [1.82, 2.24) is 4.90 Å². The fraction of sp³-hybridized carbons (Fsp3) is 0.0556. The average Bonchev–Trinajstić information content (AvgIpc) is 3.37. The third-order valence-corrected chi connectivity index (χ3v) is 6.47. The van der Waals surface area contributed by atoms with Crippen LogP contribution in [0.5, 0.6) is 5.75 Å². The van der Waals surface area contributed by atoms with Gasteiger partial charge in [0.15, 0.2) is 5.17 Å². The quantitative estimate of drug-likeness (QED) is 0.311. The Bertz CT molecular complexity index is 1130. The molecule has 2 aromatic rings. The Labute approximate surface area is 183 Å². The molecule has 0 spiro atoms. The first-order valence-electron chi connectivity index (χ1n) is 8.06. The molecule has 0 saturated carbocycles. The van der Waals surface area contributed by atoms with E-state index in [4.69, 9.17) is 21.7 Å². The van der Waals surface area contributed by atoms with E-state index in [1.165, 1.54) is 34.1 Å². The molecule has 11 heteroatoms. The van der Waals surface area contributed by atoms with E-state index in [0.29, 0.717) is 20.8 Å². The molecule has 0 saturated heterocycles. The second kappa shape index (κ2) is 8.15. The summed E-state index contributed by atoms with van der Waals surface area (Å²) in [7, 11) is 0. The largest absolute Gasteiger partial charge is 0.421 e. The molecule has 0 fully saturated rings. The summed E-state index contributed by atoms with van der Waals surface area (Å²) in [5.74, 6) is -0.794. The normalized spacial score (nSPS) is 17.3. The van der Waals surface area contributed by atoms with Crippen LogP contribution >= 0.6 is 46.6 Å². The lowest BCUT2D eigenvalue weighted by Crippen LogP contribution is -2.41. The number of benzene rings is 1. The molecule has 0 radical (unpaired) electrons. The molecule has 1 amide bonds. The predicted molar refractivity (Wildman–Crippen MR) is 119 cm³/mol. The second-order valence-corrected chi connectivity index (χ2v) is 8.53. The van der Waals surface area contributed by atoms with E-state index in [9.17, 15) is 9.59 Å². The van der Waals surface area contributed by atoms with Crippen molar-refractivity contribution in [1.29, 1.82) is 5.41 Å². The van der Waals surface area contributed by atoms with Crippen LogP contribution in [0, 0.1) is 5.41 Å². The summed E-state index contributed by atoms with van der Waals surface area (Å²) < 4.78 is 9.52.